The molecule has 0 bridgehead atoms. The van der Waals surface area contributed by atoms with Crippen LogP contribution in [0.1, 0.15) is 30.0 Å². The fourth-order valence-electron chi connectivity index (χ4n) is 3.50. The molecule has 0 amide bonds. The summed E-state index contributed by atoms with van der Waals surface area (Å²) >= 11 is 0. The van der Waals surface area contributed by atoms with E-state index in [1.807, 2.05) is 30.3 Å². The lowest BCUT2D eigenvalue weighted by Crippen LogP contribution is -2.45. The van der Waals surface area contributed by atoms with Crippen molar-refractivity contribution in [3.63, 3.8) is 0 Å². The summed E-state index contributed by atoms with van der Waals surface area (Å²) in [5.74, 6) is -0.0186. The van der Waals surface area contributed by atoms with Gasteiger partial charge < -0.3 is 15.4 Å². The molecule has 5 nitrogen and oxygen atoms in total. The Morgan fingerprint density at radius 2 is 1.96 bits per heavy atom. The van der Waals surface area contributed by atoms with Crippen molar-refractivity contribution in [1.82, 2.24) is 10.6 Å². The number of hydrogen-bond donors (Lipinski definition) is 2. The van der Waals surface area contributed by atoms with Crippen LogP contribution in [0.2, 0.25) is 0 Å². The van der Waals surface area contributed by atoms with Gasteiger partial charge in [-0.25, -0.2) is 8.42 Å². The predicted octanol–water partition coefficient (Wildman–Crippen LogP) is 3.27. The number of rotatable bonds is 7. The summed E-state index contributed by atoms with van der Waals surface area (Å²) in [5, 5.41) is 6.89. The van der Waals surface area contributed by atoms with Crippen LogP contribution in [0.3, 0.4) is 0 Å². The summed E-state index contributed by atoms with van der Waals surface area (Å²) < 4.78 is 53.7. The lowest BCUT2D eigenvalue weighted by atomic mass is 9.92. The van der Waals surface area contributed by atoms with E-state index in [4.69, 9.17) is 0 Å². The largest absolute Gasteiger partial charge is 0.434 e. The Balaban J connectivity index is 1.81. The van der Waals surface area contributed by atoms with Crippen LogP contribution in [0.4, 0.5) is 8.78 Å². The molecule has 28 heavy (non-hydrogen) atoms. The molecule has 1 heterocycles. The van der Waals surface area contributed by atoms with Crippen LogP contribution in [0.5, 0.6) is 5.75 Å². The number of piperidine rings is 1. The summed E-state index contributed by atoms with van der Waals surface area (Å²) in [4.78, 5) is 0.0762. The third kappa shape index (κ3) is 5.27. The molecule has 2 aromatic rings. The molecule has 0 spiro atoms. The highest BCUT2D eigenvalue weighted by Crippen LogP contribution is 2.27. The van der Waals surface area contributed by atoms with Crippen molar-refractivity contribution in [3.05, 3.63) is 59.7 Å². The van der Waals surface area contributed by atoms with Gasteiger partial charge in [0.1, 0.15) is 5.75 Å². The molecule has 1 aliphatic heterocycles. The number of hydrogen-bond acceptors (Lipinski definition) is 5. The number of benzene rings is 2. The van der Waals surface area contributed by atoms with Crippen molar-refractivity contribution < 1.29 is 21.9 Å². The number of alkyl halides is 2. The Labute approximate surface area is 164 Å². The van der Waals surface area contributed by atoms with Crippen LogP contribution < -0.4 is 15.4 Å². The van der Waals surface area contributed by atoms with Crippen LogP contribution >= 0.6 is 0 Å². The summed E-state index contributed by atoms with van der Waals surface area (Å²) in [6.07, 6.45) is 3.00. The summed E-state index contributed by atoms with van der Waals surface area (Å²) in [6.45, 7) is -1.85. The normalized spacial score (nSPS) is 20.3. The summed E-state index contributed by atoms with van der Waals surface area (Å²) in [6, 6.07) is 14.1. The second-order valence-corrected chi connectivity index (χ2v) is 8.91. The first-order valence-electron chi connectivity index (χ1n) is 9.14. The van der Waals surface area contributed by atoms with Crippen molar-refractivity contribution in [1.29, 1.82) is 0 Å². The molecule has 2 N–H and O–H groups in total. The molecule has 0 radical (unpaired) electrons. The van der Waals surface area contributed by atoms with Crippen LogP contribution in [0.25, 0.3) is 0 Å². The highest BCUT2D eigenvalue weighted by molar-refractivity contribution is 7.90. The van der Waals surface area contributed by atoms with Gasteiger partial charge in [0.05, 0.1) is 4.90 Å². The maximum atomic E-state index is 12.7. The number of ether oxygens (including phenoxy) is 1. The Morgan fingerprint density at radius 1 is 1.21 bits per heavy atom. The number of sulfone groups is 1. The molecule has 8 heteroatoms. The van der Waals surface area contributed by atoms with Gasteiger partial charge in [0.25, 0.3) is 0 Å². The van der Waals surface area contributed by atoms with Gasteiger partial charge >= 0.3 is 6.61 Å². The predicted molar refractivity (Wildman–Crippen MR) is 103 cm³/mol. The van der Waals surface area contributed by atoms with Gasteiger partial charge in [0.2, 0.25) is 0 Å². The first kappa shape index (κ1) is 20.7. The lowest BCUT2D eigenvalue weighted by molar-refractivity contribution is -0.0505. The zero-order valence-corrected chi connectivity index (χ0v) is 16.4. The average molecular weight is 410 g/mol. The highest BCUT2D eigenvalue weighted by Gasteiger charge is 2.26. The Kier molecular flexibility index (Phi) is 6.64. The van der Waals surface area contributed by atoms with E-state index < -0.39 is 16.4 Å². The van der Waals surface area contributed by atoms with Gasteiger partial charge in [-0.05, 0) is 43.1 Å². The molecule has 2 unspecified atom stereocenters. The van der Waals surface area contributed by atoms with Gasteiger partial charge in [-0.1, -0.05) is 30.3 Å². The van der Waals surface area contributed by atoms with E-state index in [0.29, 0.717) is 5.56 Å². The molecular formula is C20H24F2N2O3S. The molecule has 3 rings (SSSR count). The molecule has 0 saturated carbocycles. The minimum Gasteiger partial charge on any atom is -0.434 e. The molecule has 2 atom stereocenters. The Morgan fingerprint density at radius 3 is 2.64 bits per heavy atom. The molecule has 1 aliphatic rings. The first-order valence-corrected chi connectivity index (χ1v) is 11.0. The smallest absolute Gasteiger partial charge is 0.387 e. The molecule has 0 aromatic heterocycles. The third-order valence-electron chi connectivity index (χ3n) is 4.85. The van der Waals surface area contributed by atoms with E-state index in [0.717, 1.165) is 31.2 Å². The maximum absolute atomic E-state index is 12.7. The molecule has 0 aliphatic carbocycles. The Bertz CT molecular complexity index is 892. The van der Waals surface area contributed by atoms with Crippen molar-refractivity contribution in [2.45, 2.75) is 43.0 Å². The zero-order chi connectivity index (χ0) is 20.1. The average Bonchev–Trinajstić information content (AvgIpc) is 2.67. The topological polar surface area (TPSA) is 67.4 Å². The first-order chi connectivity index (χ1) is 13.3. The molecule has 1 fully saturated rings. The van der Waals surface area contributed by atoms with Crippen molar-refractivity contribution in [2.24, 2.45) is 0 Å². The highest BCUT2D eigenvalue weighted by atomic mass is 32.2. The fraction of sp³-hybridized carbons (Fsp3) is 0.400. The minimum absolute atomic E-state index is 0.0186. The quantitative estimate of drug-likeness (QED) is 0.733. The van der Waals surface area contributed by atoms with Gasteiger partial charge in [0.15, 0.2) is 9.84 Å². The van der Waals surface area contributed by atoms with E-state index >= 15 is 0 Å². The lowest BCUT2D eigenvalue weighted by Gasteiger charge is -2.34. The number of nitrogens with one attached hydrogen (secondary N) is 2. The zero-order valence-electron chi connectivity index (χ0n) is 15.6. The summed E-state index contributed by atoms with van der Waals surface area (Å²) in [5.41, 5.74) is 1.54. The van der Waals surface area contributed by atoms with Crippen LogP contribution in [-0.2, 0) is 16.4 Å². The van der Waals surface area contributed by atoms with Crippen LogP contribution in [0.15, 0.2) is 53.4 Å². The van der Waals surface area contributed by atoms with Crippen LogP contribution in [-0.4, -0.2) is 33.9 Å². The second-order valence-electron chi connectivity index (χ2n) is 6.89. The van der Waals surface area contributed by atoms with Gasteiger partial charge in [-0.2, -0.15) is 8.78 Å². The second kappa shape index (κ2) is 8.98. The van der Waals surface area contributed by atoms with E-state index in [-0.39, 0.29) is 29.3 Å². The maximum Gasteiger partial charge on any atom is 0.387 e. The van der Waals surface area contributed by atoms with Gasteiger partial charge in [-0.15, -0.1) is 0 Å². The minimum atomic E-state index is -3.45. The number of halogens is 2. The van der Waals surface area contributed by atoms with E-state index in [9.17, 15) is 17.2 Å². The van der Waals surface area contributed by atoms with Gasteiger partial charge in [-0.3, -0.25) is 0 Å². The summed E-state index contributed by atoms with van der Waals surface area (Å²) in [7, 11) is -3.45. The monoisotopic (exact) mass is 410 g/mol. The SMILES string of the molecule is CS(=O)(=O)c1ccc(OC(F)F)c(CNC2CCCNC2c2ccccc2)c1. The standard InChI is InChI=1S/C20H24F2N2O3S/c1-28(25,26)16-9-10-18(27-20(21)22)15(12-16)13-24-17-8-5-11-23-19(17)14-6-3-2-4-7-14/h2-4,6-7,9-10,12,17,19-20,23-24H,5,8,11,13H2,1H3. The molecule has 1 saturated heterocycles. The van der Waals surface area contributed by atoms with Gasteiger partial charge in [0, 0.05) is 30.4 Å². The molecule has 2 aromatic carbocycles. The van der Waals surface area contributed by atoms with E-state index in [1.54, 1.807) is 0 Å². The van der Waals surface area contributed by atoms with E-state index in [1.165, 1.54) is 18.2 Å². The van der Waals surface area contributed by atoms with E-state index in [2.05, 4.69) is 15.4 Å². The third-order valence-corrected chi connectivity index (χ3v) is 5.96. The molecule has 152 valence electrons. The fourth-order valence-corrected chi connectivity index (χ4v) is 4.17. The molecular weight excluding hydrogens is 386 g/mol. The van der Waals surface area contributed by atoms with Crippen molar-refractivity contribution in [2.75, 3.05) is 12.8 Å². The van der Waals surface area contributed by atoms with Crippen molar-refractivity contribution in [3.8, 4) is 5.75 Å². The van der Waals surface area contributed by atoms with Crippen molar-refractivity contribution >= 4 is 9.84 Å². The van der Waals surface area contributed by atoms with Crippen LogP contribution in [0, 0.1) is 0 Å². The Hall–Kier alpha value is -2.03.